The number of hydrogen-bond donors (Lipinski definition) is 2. The van der Waals surface area contributed by atoms with Gasteiger partial charge in [0.25, 0.3) is 0 Å². The molecule has 0 spiro atoms. The van der Waals surface area contributed by atoms with Gasteiger partial charge in [-0.05, 0) is 49.1 Å². The van der Waals surface area contributed by atoms with E-state index >= 15 is 0 Å². The molecule has 5 heteroatoms. The number of amides is 2. The van der Waals surface area contributed by atoms with Gasteiger partial charge in [0.2, 0.25) is 11.8 Å². The minimum Gasteiger partial charge on any atom is -0.494 e. The van der Waals surface area contributed by atoms with Crippen LogP contribution in [-0.2, 0) is 16.0 Å². The Hall–Kier alpha value is -2.82. The van der Waals surface area contributed by atoms with Gasteiger partial charge in [0.1, 0.15) is 5.75 Å². The standard InChI is InChI=1S/C22H28N2O3/c1-4-27-21-11-9-20(10-12-21)19-7-5-18(6-8-19)15-16(2)24-22(26)13-14-23-17(3)25/h5-12,16H,4,13-15H2,1-3H3,(H,23,25)(H,24,26). The average Bonchev–Trinajstić information content (AvgIpc) is 2.63. The second-order valence-electron chi connectivity index (χ2n) is 6.56. The molecule has 27 heavy (non-hydrogen) atoms. The van der Waals surface area contributed by atoms with Gasteiger partial charge in [-0.25, -0.2) is 0 Å². The minimum atomic E-state index is -0.122. The number of nitrogens with one attached hydrogen (secondary N) is 2. The molecule has 2 aromatic rings. The summed E-state index contributed by atoms with van der Waals surface area (Å²) < 4.78 is 5.47. The summed E-state index contributed by atoms with van der Waals surface area (Å²) in [5.41, 5.74) is 3.46. The molecule has 5 nitrogen and oxygen atoms in total. The number of rotatable bonds is 9. The Morgan fingerprint density at radius 3 is 2.15 bits per heavy atom. The Morgan fingerprint density at radius 2 is 1.59 bits per heavy atom. The number of hydrogen-bond acceptors (Lipinski definition) is 3. The highest BCUT2D eigenvalue weighted by Crippen LogP contribution is 2.23. The molecule has 2 N–H and O–H groups in total. The molecule has 2 rings (SSSR count). The first-order valence-corrected chi connectivity index (χ1v) is 9.34. The molecule has 0 heterocycles. The first kappa shape index (κ1) is 20.5. The average molecular weight is 368 g/mol. The van der Waals surface area contributed by atoms with Crippen molar-refractivity contribution in [1.82, 2.24) is 10.6 Å². The van der Waals surface area contributed by atoms with E-state index in [0.717, 1.165) is 23.3 Å². The van der Waals surface area contributed by atoms with Crippen molar-refractivity contribution in [2.24, 2.45) is 0 Å². The summed E-state index contributed by atoms with van der Waals surface area (Å²) in [6, 6.07) is 16.5. The molecule has 0 aromatic heterocycles. The highest BCUT2D eigenvalue weighted by Gasteiger charge is 2.09. The summed E-state index contributed by atoms with van der Waals surface area (Å²) in [4.78, 5) is 22.7. The Kier molecular flexibility index (Phi) is 7.86. The fourth-order valence-corrected chi connectivity index (χ4v) is 2.85. The van der Waals surface area contributed by atoms with Crippen molar-refractivity contribution in [3.8, 4) is 16.9 Å². The lowest BCUT2D eigenvalue weighted by Gasteiger charge is -2.14. The van der Waals surface area contributed by atoms with Crippen molar-refractivity contribution in [3.05, 3.63) is 54.1 Å². The lowest BCUT2D eigenvalue weighted by atomic mass is 10.0. The number of benzene rings is 2. The zero-order valence-electron chi connectivity index (χ0n) is 16.2. The molecule has 2 aromatic carbocycles. The van der Waals surface area contributed by atoms with Crippen LogP contribution in [0.5, 0.6) is 5.75 Å². The minimum absolute atomic E-state index is 0.0335. The van der Waals surface area contributed by atoms with Gasteiger partial charge >= 0.3 is 0 Å². The van der Waals surface area contributed by atoms with Crippen molar-refractivity contribution < 1.29 is 14.3 Å². The summed E-state index contributed by atoms with van der Waals surface area (Å²) in [7, 11) is 0. The second-order valence-corrected chi connectivity index (χ2v) is 6.56. The van der Waals surface area contributed by atoms with E-state index in [1.807, 2.05) is 26.0 Å². The van der Waals surface area contributed by atoms with Crippen LogP contribution in [-0.4, -0.2) is 31.0 Å². The largest absolute Gasteiger partial charge is 0.494 e. The van der Waals surface area contributed by atoms with Crippen LogP contribution >= 0.6 is 0 Å². The van der Waals surface area contributed by atoms with E-state index in [1.165, 1.54) is 12.5 Å². The fourth-order valence-electron chi connectivity index (χ4n) is 2.85. The topological polar surface area (TPSA) is 67.4 Å². The van der Waals surface area contributed by atoms with Crippen LogP contribution in [0.25, 0.3) is 11.1 Å². The molecule has 1 unspecified atom stereocenters. The van der Waals surface area contributed by atoms with E-state index in [0.29, 0.717) is 19.6 Å². The molecular formula is C22H28N2O3. The van der Waals surface area contributed by atoms with Crippen molar-refractivity contribution in [2.45, 2.75) is 39.7 Å². The summed E-state index contributed by atoms with van der Waals surface area (Å²) in [5, 5.41) is 5.59. The third-order valence-electron chi connectivity index (χ3n) is 4.13. The molecule has 0 saturated heterocycles. The molecule has 0 aliphatic rings. The highest BCUT2D eigenvalue weighted by molar-refractivity contribution is 5.78. The lowest BCUT2D eigenvalue weighted by Crippen LogP contribution is -2.36. The maximum Gasteiger partial charge on any atom is 0.221 e. The van der Waals surface area contributed by atoms with Gasteiger partial charge < -0.3 is 15.4 Å². The van der Waals surface area contributed by atoms with Crippen LogP contribution in [0.3, 0.4) is 0 Å². The Labute approximate surface area is 161 Å². The lowest BCUT2D eigenvalue weighted by molar-refractivity contribution is -0.122. The molecule has 0 aliphatic carbocycles. The highest BCUT2D eigenvalue weighted by atomic mass is 16.5. The van der Waals surface area contributed by atoms with Gasteiger partial charge in [-0.2, -0.15) is 0 Å². The van der Waals surface area contributed by atoms with E-state index in [-0.39, 0.29) is 17.9 Å². The smallest absolute Gasteiger partial charge is 0.221 e. The van der Waals surface area contributed by atoms with E-state index in [9.17, 15) is 9.59 Å². The molecule has 0 fully saturated rings. The third kappa shape index (κ3) is 7.13. The van der Waals surface area contributed by atoms with E-state index in [2.05, 4.69) is 47.0 Å². The van der Waals surface area contributed by atoms with Crippen LogP contribution in [0.2, 0.25) is 0 Å². The summed E-state index contributed by atoms with van der Waals surface area (Å²) in [6.45, 7) is 6.42. The van der Waals surface area contributed by atoms with Crippen molar-refractivity contribution >= 4 is 11.8 Å². The molecule has 0 aliphatic heterocycles. The van der Waals surface area contributed by atoms with Gasteiger partial charge in [0, 0.05) is 25.9 Å². The molecule has 1 atom stereocenters. The number of carbonyl (C=O) groups excluding carboxylic acids is 2. The second kappa shape index (κ2) is 10.4. The van der Waals surface area contributed by atoms with Gasteiger partial charge in [0.15, 0.2) is 0 Å². The SMILES string of the molecule is CCOc1ccc(-c2ccc(CC(C)NC(=O)CCNC(C)=O)cc2)cc1. The Bertz CT molecular complexity index is 739. The van der Waals surface area contributed by atoms with E-state index in [1.54, 1.807) is 0 Å². The Morgan fingerprint density at radius 1 is 1.00 bits per heavy atom. The van der Waals surface area contributed by atoms with Gasteiger partial charge in [-0.1, -0.05) is 36.4 Å². The summed E-state index contributed by atoms with van der Waals surface area (Å²) in [6.07, 6.45) is 1.05. The summed E-state index contributed by atoms with van der Waals surface area (Å²) in [5.74, 6) is 0.701. The fraction of sp³-hybridized carbons (Fsp3) is 0.364. The molecule has 2 amide bonds. The maximum absolute atomic E-state index is 11.9. The molecule has 0 radical (unpaired) electrons. The van der Waals surface area contributed by atoms with Crippen LogP contribution in [0, 0.1) is 0 Å². The quantitative estimate of drug-likeness (QED) is 0.713. The normalized spacial score (nSPS) is 11.5. The maximum atomic E-state index is 11.9. The van der Waals surface area contributed by atoms with E-state index in [4.69, 9.17) is 4.74 Å². The Balaban J connectivity index is 1.85. The third-order valence-corrected chi connectivity index (χ3v) is 4.13. The predicted molar refractivity (Wildman–Crippen MR) is 108 cm³/mol. The first-order valence-electron chi connectivity index (χ1n) is 9.34. The molecular weight excluding hydrogens is 340 g/mol. The number of carbonyl (C=O) groups is 2. The predicted octanol–water partition coefficient (Wildman–Crippen LogP) is 3.33. The molecule has 144 valence electrons. The molecule has 0 bridgehead atoms. The summed E-state index contributed by atoms with van der Waals surface area (Å²) >= 11 is 0. The van der Waals surface area contributed by atoms with Crippen molar-refractivity contribution in [3.63, 3.8) is 0 Å². The van der Waals surface area contributed by atoms with Gasteiger partial charge in [-0.15, -0.1) is 0 Å². The number of ether oxygens (including phenoxy) is 1. The van der Waals surface area contributed by atoms with Crippen LogP contribution in [0.15, 0.2) is 48.5 Å². The van der Waals surface area contributed by atoms with Crippen molar-refractivity contribution in [1.29, 1.82) is 0 Å². The van der Waals surface area contributed by atoms with Crippen molar-refractivity contribution in [2.75, 3.05) is 13.2 Å². The van der Waals surface area contributed by atoms with Crippen LogP contribution < -0.4 is 15.4 Å². The van der Waals surface area contributed by atoms with Crippen LogP contribution in [0.1, 0.15) is 32.8 Å². The van der Waals surface area contributed by atoms with Gasteiger partial charge in [0.05, 0.1) is 6.61 Å². The van der Waals surface area contributed by atoms with Gasteiger partial charge in [-0.3, -0.25) is 9.59 Å². The zero-order chi connectivity index (χ0) is 19.6. The van der Waals surface area contributed by atoms with E-state index < -0.39 is 0 Å². The van der Waals surface area contributed by atoms with Crippen LogP contribution in [0.4, 0.5) is 0 Å². The monoisotopic (exact) mass is 368 g/mol. The molecule has 0 saturated carbocycles. The first-order chi connectivity index (χ1) is 13.0. The zero-order valence-corrected chi connectivity index (χ0v) is 16.2.